The second kappa shape index (κ2) is 6.30. The fourth-order valence-electron chi connectivity index (χ4n) is 3.43. The summed E-state index contributed by atoms with van der Waals surface area (Å²) >= 11 is 0. The number of amides is 1. The Balaban J connectivity index is 1.82. The number of hydrogen-bond acceptors (Lipinski definition) is 4. The molecule has 1 aliphatic rings. The van der Waals surface area contributed by atoms with Crippen molar-refractivity contribution < 1.29 is 9.32 Å². The van der Waals surface area contributed by atoms with Crippen LogP contribution in [0, 0.1) is 11.8 Å². The molecule has 1 fully saturated rings. The van der Waals surface area contributed by atoms with Crippen molar-refractivity contribution >= 4 is 17.0 Å². The summed E-state index contributed by atoms with van der Waals surface area (Å²) in [6, 6.07) is 2.09. The summed E-state index contributed by atoms with van der Waals surface area (Å²) in [5.74, 6) is 1.34. The maximum atomic E-state index is 12.6. The molecule has 3 atom stereocenters. The van der Waals surface area contributed by atoms with Gasteiger partial charge >= 0.3 is 0 Å². The molecule has 1 N–H and O–H groups in total. The van der Waals surface area contributed by atoms with Gasteiger partial charge in [0, 0.05) is 12.2 Å². The third kappa shape index (κ3) is 3.09. The van der Waals surface area contributed by atoms with Crippen LogP contribution in [0.25, 0.3) is 11.1 Å². The van der Waals surface area contributed by atoms with Crippen LogP contribution in [0.5, 0.6) is 0 Å². The molecule has 3 rings (SSSR count). The Morgan fingerprint density at radius 1 is 1.35 bits per heavy atom. The van der Waals surface area contributed by atoms with Crippen molar-refractivity contribution in [2.45, 2.75) is 58.9 Å². The molecule has 23 heavy (non-hydrogen) atoms. The molecule has 0 saturated heterocycles. The number of aromatic nitrogens is 2. The van der Waals surface area contributed by atoms with Gasteiger partial charge in [0.25, 0.3) is 11.6 Å². The van der Waals surface area contributed by atoms with Crippen LogP contribution in [0.2, 0.25) is 0 Å². The van der Waals surface area contributed by atoms with E-state index in [4.69, 9.17) is 4.52 Å². The van der Waals surface area contributed by atoms with Gasteiger partial charge in [0.2, 0.25) is 0 Å². The van der Waals surface area contributed by atoms with Gasteiger partial charge in [-0.15, -0.1) is 0 Å². The van der Waals surface area contributed by atoms with Crippen LogP contribution in [-0.2, 0) is 0 Å². The maximum absolute atomic E-state index is 12.6. The van der Waals surface area contributed by atoms with E-state index in [0.29, 0.717) is 23.1 Å². The van der Waals surface area contributed by atoms with Crippen molar-refractivity contribution in [1.82, 2.24) is 15.5 Å². The molecule has 2 heterocycles. The van der Waals surface area contributed by atoms with Crippen LogP contribution in [0.1, 0.15) is 68.9 Å². The zero-order valence-corrected chi connectivity index (χ0v) is 14.3. The van der Waals surface area contributed by atoms with Gasteiger partial charge in [-0.2, -0.15) is 0 Å². The average molecular weight is 315 g/mol. The van der Waals surface area contributed by atoms with Crippen molar-refractivity contribution in [3.05, 3.63) is 23.5 Å². The Bertz CT molecular complexity index is 707. The molecular formula is C18H25N3O2. The Hall–Kier alpha value is -1.91. The largest absolute Gasteiger partial charge is 0.349 e. The molecule has 5 nitrogen and oxygen atoms in total. The molecule has 124 valence electrons. The molecule has 0 radical (unpaired) electrons. The number of carbonyl (C=O) groups excluding carboxylic acids is 1. The Morgan fingerprint density at radius 3 is 2.87 bits per heavy atom. The number of fused-ring (bicyclic) bond motifs is 1. The Morgan fingerprint density at radius 2 is 2.13 bits per heavy atom. The van der Waals surface area contributed by atoms with Crippen LogP contribution in [0.3, 0.4) is 0 Å². The van der Waals surface area contributed by atoms with Gasteiger partial charge in [0.15, 0.2) is 0 Å². The quantitative estimate of drug-likeness (QED) is 0.932. The van der Waals surface area contributed by atoms with E-state index in [-0.39, 0.29) is 17.9 Å². The molecule has 5 heteroatoms. The summed E-state index contributed by atoms with van der Waals surface area (Å²) in [5, 5.41) is 8.09. The van der Waals surface area contributed by atoms with E-state index < -0.39 is 0 Å². The summed E-state index contributed by atoms with van der Waals surface area (Å²) in [7, 11) is 0. The maximum Gasteiger partial charge on any atom is 0.257 e. The molecule has 0 aliphatic heterocycles. The van der Waals surface area contributed by atoms with Crippen LogP contribution in [-0.4, -0.2) is 22.1 Å². The van der Waals surface area contributed by atoms with Crippen molar-refractivity contribution in [2.75, 3.05) is 0 Å². The van der Waals surface area contributed by atoms with Gasteiger partial charge < -0.3 is 9.84 Å². The predicted octanol–water partition coefficient (Wildman–Crippen LogP) is 3.90. The van der Waals surface area contributed by atoms with Crippen molar-refractivity contribution in [3.63, 3.8) is 0 Å². The van der Waals surface area contributed by atoms with Crippen LogP contribution < -0.4 is 5.32 Å². The molecule has 0 bridgehead atoms. The van der Waals surface area contributed by atoms with Crippen molar-refractivity contribution in [3.8, 4) is 0 Å². The Labute approximate surface area is 136 Å². The first-order chi connectivity index (χ1) is 11.0. The van der Waals surface area contributed by atoms with E-state index in [2.05, 4.69) is 43.2 Å². The predicted molar refractivity (Wildman–Crippen MR) is 89.3 cm³/mol. The highest BCUT2D eigenvalue weighted by molar-refractivity contribution is 5.97. The molecule has 1 aliphatic carbocycles. The van der Waals surface area contributed by atoms with Crippen LogP contribution >= 0.6 is 0 Å². The van der Waals surface area contributed by atoms with E-state index in [0.717, 1.165) is 17.5 Å². The lowest BCUT2D eigenvalue weighted by atomic mass is 9.78. The molecule has 0 spiro atoms. The lowest BCUT2D eigenvalue weighted by Crippen LogP contribution is -2.43. The summed E-state index contributed by atoms with van der Waals surface area (Å²) < 4.78 is 5.23. The van der Waals surface area contributed by atoms with Gasteiger partial charge in [-0.3, -0.25) is 4.79 Å². The van der Waals surface area contributed by atoms with E-state index in [9.17, 15) is 4.79 Å². The normalized spacial score (nSPS) is 25.0. The lowest BCUT2D eigenvalue weighted by molar-refractivity contribution is 0.0891. The van der Waals surface area contributed by atoms with E-state index in [1.807, 2.05) is 6.07 Å². The number of hydrogen-bond donors (Lipinski definition) is 1. The number of nitrogens with zero attached hydrogens (tertiary/aromatic N) is 2. The minimum atomic E-state index is -0.0544. The number of rotatable bonds is 3. The highest BCUT2D eigenvalue weighted by Crippen LogP contribution is 2.30. The topological polar surface area (TPSA) is 68.0 Å². The van der Waals surface area contributed by atoms with E-state index >= 15 is 0 Å². The monoisotopic (exact) mass is 315 g/mol. The van der Waals surface area contributed by atoms with Crippen molar-refractivity contribution in [1.29, 1.82) is 0 Å². The lowest BCUT2D eigenvalue weighted by Gasteiger charge is -2.34. The second-order valence-electron chi connectivity index (χ2n) is 7.15. The number of pyridine rings is 1. The fourth-order valence-corrected chi connectivity index (χ4v) is 3.43. The highest BCUT2D eigenvalue weighted by atomic mass is 16.5. The summed E-state index contributed by atoms with van der Waals surface area (Å²) in [6.45, 7) is 8.60. The van der Waals surface area contributed by atoms with Crippen molar-refractivity contribution in [2.24, 2.45) is 11.8 Å². The molecule has 1 amide bonds. The van der Waals surface area contributed by atoms with E-state index in [1.54, 1.807) is 6.20 Å². The van der Waals surface area contributed by atoms with E-state index in [1.165, 1.54) is 12.8 Å². The second-order valence-corrected chi connectivity index (χ2v) is 7.15. The Kier molecular flexibility index (Phi) is 4.37. The average Bonchev–Trinajstić information content (AvgIpc) is 2.95. The summed E-state index contributed by atoms with van der Waals surface area (Å²) in [4.78, 5) is 16.9. The van der Waals surface area contributed by atoms with Gasteiger partial charge in [-0.1, -0.05) is 45.7 Å². The minimum Gasteiger partial charge on any atom is -0.349 e. The first-order valence-corrected chi connectivity index (χ1v) is 8.53. The third-order valence-corrected chi connectivity index (χ3v) is 5.19. The number of carbonyl (C=O) groups is 1. The first-order valence-electron chi connectivity index (χ1n) is 8.53. The molecule has 2 aromatic rings. The zero-order valence-electron chi connectivity index (χ0n) is 14.3. The van der Waals surface area contributed by atoms with Gasteiger partial charge in [0.1, 0.15) is 0 Å². The number of nitrogens with one attached hydrogen (secondary N) is 1. The highest BCUT2D eigenvalue weighted by Gasteiger charge is 2.28. The van der Waals surface area contributed by atoms with Gasteiger partial charge in [-0.25, -0.2) is 4.98 Å². The molecule has 0 unspecified atom stereocenters. The first kappa shape index (κ1) is 16.0. The third-order valence-electron chi connectivity index (χ3n) is 5.19. The van der Waals surface area contributed by atoms with Crippen LogP contribution in [0.4, 0.5) is 0 Å². The summed E-state index contributed by atoms with van der Waals surface area (Å²) in [5.41, 5.74) is 1.92. The van der Waals surface area contributed by atoms with Gasteiger partial charge in [-0.05, 0) is 30.2 Å². The van der Waals surface area contributed by atoms with Gasteiger partial charge in [0.05, 0.1) is 16.6 Å². The van der Waals surface area contributed by atoms with Crippen LogP contribution in [0.15, 0.2) is 16.8 Å². The smallest absolute Gasteiger partial charge is 0.257 e. The molecular weight excluding hydrogens is 290 g/mol. The molecule has 2 aromatic heterocycles. The fraction of sp³-hybridized carbons (Fsp3) is 0.611. The minimum absolute atomic E-state index is 0.0544. The molecule has 0 aromatic carbocycles. The zero-order chi connectivity index (χ0) is 16.6. The molecule has 1 saturated carbocycles. The standard InChI is InChI=1S/C18H25N3O2/c1-10(2)16-14-8-13(9-19-18(14)23-21-16)17(22)20-15-7-5-6-11(3)12(15)4/h8-12,15H,5-7H2,1-4H3,(H,20,22)/t11-,12+,15+/m0/s1. The SMILES string of the molecule is CC(C)c1noc2ncc(C(=O)N[C@@H]3CCC[C@H](C)[C@H]3C)cc12. The summed E-state index contributed by atoms with van der Waals surface area (Å²) in [6.07, 6.45) is 5.05.